The van der Waals surface area contributed by atoms with Crippen molar-refractivity contribution in [2.45, 2.75) is 25.3 Å². The second-order valence-corrected chi connectivity index (χ2v) is 10.2. The van der Waals surface area contributed by atoms with Crippen molar-refractivity contribution in [3.05, 3.63) is 81.7 Å². The van der Waals surface area contributed by atoms with Crippen LogP contribution in [0.5, 0.6) is 0 Å². The number of sulfonamides is 1. The highest BCUT2D eigenvalue weighted by atomic mass is 32.2. The van der Waals surface area contributed by atoms with Crippen molar-refractivity contribution in [2.75, 3.05) is 13.1 Å². The Hall–Kier alpha value is -3.34. The van der Waals surface area contributed by atoms with Gasteiger partial charge in [-0.15, -0.1) is 11.3 Å². The lowest BCUT2D eigenvalue weighted by Crippen LogP contribution is -2.30. The number of hydrogen-bond acceptors (Lipinski definition) is 7. The van der Waals surface area contributed by atoms with Gasteiger partial charge in [0.2, 0.25) is 10.0 Å². The summed E-state index contributed by atoms with van der Waals surface area (Å²) in [5.41, 5.74) is 1.62. The molecule has 0 aliphatic rings. The number of aromatic nitrogens is 2. The summed E-state index contributed by atoms with van der Waals surface area (Å²) in [6, 6.07) is 15.1. The molecule has 10 heteroatoms. The molecule has 0 spiro atoms. The second kappa shape index (κ2) is 9.88. The molecule has 2 heterocycles. The molecule has 1 N–H and O–H groups in total. The zero-order valence-electron chi connectivity index (χ0n) is 18.6. The van der Waals surface area contributed by atoms with Crippen molar-refractivity contribution >= 4 is 37.5 Å². The van der Waals surface area contributed by atoms with Crippen LogP contribution in [-0.4, -0.2) is 41.7 Å². The number of H-pyrrole nitrogens is 1. The van der Waals surface area contributed by atoms with Crippen LogP contribution in [0.2, 0.25) is 0 Å². The van der Waals surface area contributed by atoms with Crippen LogP contribution in [0.15, 0.2) is 69.7 Å². The van der Waals surface area contributed by atoms with E-state index in [-0.39, 0.29) is 28.4 Å². The van der Waals surface area contributed by atoms with Gasteiger partial charge in [0, 0.05) is 24.0 Å². The molecule has 4 aromatic rings. The highest BCUT2D eigenvalue weighted by Crippen LogP contribution is 2.30. The standard InChI is InChI=1S/C24H23N3O5S2/c1-3-27(4-2)34(30,31)18-12-10-17(11-13-18)24(29)32-14-20-25-22(28)21-19(15-33-23(21)26-20)16-8-6-5-7-9-16/h5-13,15H,3-4,14H2,1-2H3,(H,25,26,28). The number of rotatable bonds is 8. The lowest BCUT2D eigenvalue weighted by molar-refractivity contribution is 0.0462. The van der Waals surface area contributed by atoms with Gasteiger partial charge in [-0.25, -0.2) is 18.2 Å². The zero-order valence-corrected chi connectivity index (χ0v) is 20.3. The Morgan fingerprint density at radius 3 is 2.38 bits per heavy atom. The maximum atomic E-state index is 12.7. The average molecular weight is 498 g/mol. The van der Waals surface area contributed by atoms with Crippen molar-refractivity contribution < 1.29 is 17.9 Å². The second-order valence-electron chi connectivity index (χ2n) is 7.40. The molecule has 0 amide bonds. The molecule has 176 valence electrons. The van der Waals surface area contributed by atoms with Gasteiger partial charge < -0.3 is 9.72 Å². The first-order valence-corrected chi connectivity index (χ1v) is 13.0. The van der Waals surface area contributed by atoms with E-state index in [1.165, 1.54) is 39.9 Å². The first-order chi connectivity index (χ1) is 16.3. The molecule has 2 aromatic heterocycles. The van der Waals surface area contributed by atoms with Crippen molar-refractivity contribution in [1.82, 2.24) is 14.3 Å². The Morgan fingerprint density at radius 1 is 1.06 bits per heavy atom. The largest absolute Gasteiger partial charge is 0.454 e. The Bertz CT molecular complexity index is 1470. The zero-order chi connectivity index (χ0) is 24.3. The maximum Gasteiger partial charge on any atom is 0.338 e. The third kappa shape index (κ3) is 4.65. The molecule has 0 unspecified atom stereocenters. The van der Waals surface area contributed by atoms with Crippen LogP contribution in [0, 0.1) is 0 Å². The SMILES string of the molecule is CCN(CC)S(=O)(=O)c1ccc(C(=O)OCc2nc3scc(-c4ccccc4)c3c(=O)[nH]2)cc1. The molecule has 0 radical (unpaired) electrons. The van der Waals surface area contributed by atoms with Gasteiger partial charge in [0.1, 0.15) is 17.3 Å². The Labute approximate surface area is 200 Å². The van der Waals surface area contributed by atoms with E-state index in [0.29, 0.717) is 23.3 Å². The normalized spacial score (nSPS) is 11.7. The first kappa shape index (κ1) is 23.8. The van der Waals surface area contributed by atoms with Crippen molar-refractivity contribution in [2.24, 2.45) is 0 Å². The van der Waals surface area contributed by atoms with E-state index in [0.717, 1.165) is 11.1 Å². The lowest BCUT2D eigenvalue weighted by atomic mass is 10.1. The summed E-state index contributed by atoms with van der Waals surface area (Å²) in [5, 5.41) is 2.38. The fourth-order valence-electron chi connectivity index (χ4n) is 3.58. The van der Waals surface area contributed by atoms with Crippen LogP contribution >= 0.6 is 11.3 Å². The van der Waals surface area contributed by atoms with E-state index in [1.54, 1.807) is 13.8 Å². The molecule has 0 fully saturated rings. The minimum Gasteiger partial charge on any atom is -0.454 e. The Morgan fingerprint density at radius 2 is 1.74 bits per heavy atom. The van der Waals surface area contributed by atoms with E-state index in [9.17, 15) is 18.0 Å². The summed E-state index contributed by atoms with van der Waals surface area (Å²) in [6.45, 7) is 4.02. The third-order valence-corrected chi connectivity index (χ3v) is 8.29. The van der Waals surface area contributed by atoms with Crippen molar-refractivity contribution in [3.8, 4) is 11.1 Å². The molecule has 0 saturated carbocycles. The van der Waals surface area contributed by atoms with Crippen molar-refractivity contribution in [1.29, 1.82) is 0 Å². The van der Waals surface area contributed by atoms with E-state index in [4.69, 9.17) is 4.74 Å². The molecule has 4 rings (SSSR count). The van der Waals surface area contributed by atoms with Crippen LogP contribution in [-0.2, 0) is 21.4 Å². The number of ether oxygens (including phenoxy) is 1. The number of benzene rings is 2. The van der Waals surface area contributed by atoms with Gasteiger partial charge in [-0.05, 0) is 29.8 Å². The molecule has 0 saturated heterocycles. The van der Waals surface area contributed by atoms with E-state index < -0.39 is 16.0 Å². The number of thiophene rings is 1. The summed E-state index contributed by atoms with van der Waals surface area (Å²) in [7, 11) is -3.61. The monoisotopic (exact) mass is 497 g/mol. The lowest BCUT2D eigenvalue weighted by Gasteiger charge is -2.18. The quantitative estimate of drug-likeness (QED) is 0.368. The van der Waals surface area contributed by atoms with Gasteiger partial charge in [0.15, 0.2) is 0 Å². The number of fused-ring (bicyclic) bond motifs is 1. The summed E-state index contributed by atoms with van der Waals surface area (Å²) in [6.07, 6.45) is 0. The molecule has 2 aromatic carbocycles. The van der Waals surface area contributed by atoms with Crippen molar-refractivity contribution in [3.63, 3.8) is 0 Å². The first-order valence-electron chi connectivity index (χ1n) is 10.7. The number of aromatic amines is 1. The smallest absolute Gasteiger partial charge is 0.338 e. The van der Waals surface area contributed by atoms with Crippen LogP contribution in [0.25, 0.3) is 21.3 Å². The molecular weight excluding hydrogens is 474 g/mol. The predicted octanol–water partition coefficient (Wildman–Crippen LogP) is 4.04. The minimum absolute atomic E-state index is 0.108. The summed E-state index contributed by atoms with van der Waals surface area (Å²) >= 11 is 1.35. The van der Waals surface area contributed by atoms with E-state index in [1.807, 2.05) is 35.7 Å². The van der Waals surface area contributed by atoms with Gasteiger partial charge in [0.05, 0.1) is 15.8 Å². The van der Waals surface area contributed by atoms with E-state index >= 15 is 0 Å². The van der Waals surface area contributed by atoms with Gasteiger partial charge >= 0.3 is 5.97 Å². The van der Waals surface area contributed by atoms with E-state index in [2.05, 4.69) is 9.97 Å². The molecule has 0 aliphatic carbocycles. The maximum absolute atomic E-state index is 12.7. The highest BCUT2D eigenvalue weighted by molar-refractivity contribution is 7.89. The third-order valence-electron chi connectivity index (χ3n) is 5.35. The van der Waals surface area contributed by atoms with Crippen LogP contribution < -0.4 is 5.56 Å². The number of esters is 1. The predicted molar refractivity (Wildman–Crippen MR) is 131 cm³/mol. The molecular formula is C24H23N3O5S2. The number of nitrogens with zero attached hydrogens (tertiary/aromatic N) is 2. The average Bonchev–Trinajstić information content (AvgIpc) is 3.28. The fourth-order valence-corrected chi connectivity index (χ4v) is 6.01. The van der Waals surface area contributed by atoms with Gasteiger partial charge in [-0.3, -0.25) is 4.79 Å². The molecule has 0 atom stereocenters. The Balaban J connectivity index is 1.49. The van der Waals surface area contributed by atoms with Crippen LogP contribution in [0.3, 0.4) is 0 Å². The van der Waals surface area contributed by atoms with Gasteiger partial charge in [-0.1, -0.05) is 44.2 Å². The fraction of sp³-hybridized carbons (Fsp3) is 0.208. The summed E-state index contributed by atoms with van der Waals surface area (Å²) in [5.74, 6) is -0.418. The van der Waals surface area contributed by atoms with Gasteiger partial charge in [-0.2, -0.15) is 4.31 Å². The highest BCUT2D eigenvalue weighted by Gasteiger charge is 2.22. The van der Waals surface area contributed by atoms with Gasteiger partial charge in [0.25, 0.3) is 5.56 Å². The molecule has 0 bridgehead atoms. The molecule has 34 heavy (non-hydrogen) atoms. The van der Waals surface area contributed by atoms with Crippen LogP contribution in [0.4, 0.5) is 0 Å². The number of hydrogen-bond donors (Lipinski definition) is 1. The topological polar surface area (TPSA) is 109 Å². The summed E-state index contributed by atoms with van der Waals surface area (Å²) in [4.78, 5) is 33.0. The van der Waals surface area contributed by atoms with Crippen LogP contribution in [0.1, 0.15) is 30.0 Å². The Kier molecular flexibility index (Phi) is 6.92. The number of nitrogens with one attached hydrogen (secondary N) is 1. The number of carbonyl (C=O) groups excluding carboxylic acids is 1. The molecule has 0 aliphatic heterocycles. The molecule has 8 nitrogen and oxygen atoms in total. The summed E-state index contributed by atoms with van der Waals surface area (Å²) < 4.78 is 31.8. The minimum atomic E-state index is -3.61. The number of carbonyl (C=O) groups is 1.